The molecule has 0 radical (unpaired) electrons. The van der Waals surface area contributed by atoms with Crippen molar-refractivity contribution in [2.75, 3.05) is 5.32 Å². The van der Waals surface area contributed by atoms with Crippen LogP contribution in [0.5, 0.6) is 0 Å². The van der Waals surface area contributed by atoms with Gasteiger partial charge in [0.2, 0.25) is 5.13 Å². The first-order valence-electron chi connectivity index (χ1n) is 8.57. The molecule has 0 amide bonds. The highest BCUT2D eigenvalue weighted by molar-refractivity contribution is 7.15. The maximum atomic E-state index is 13.2. The number of nitrogens with zero attached hydrogens (tertiary/aromatic N) is 6. The van der Waals surface area contributed by atoms with Gasteiger partial charge in [0, 0.05) is 23.5 Å². The fraction of sp³-hybridized carbons (Fsp3) is 0.222. The van der Waals surface area contributed by atoms with Crippen LogP contribution in [0.25, 0.3) is 0 Å². The second kappa shape index (κ2) is 7.69. The van der Waals surface area contributed by atoms with Gasteiger partial charge in [0.25, 0.3) is 0 Å². The van der Waals surface area contributed by atoms with Crippen LogP contribution in [-0.4, -0.2) is 29.8 Å². The maximum absolute atomic E-state index is 13.2. The van der Waals surface area contributed by atoms with Crippen LogP contribution in [-0.2, 0) is 6.54 Å². The number of anilines is 2. The van der Waals surface area contributed by atoms with E-state index in [1.807, 2.05) is 43.1 Å². The van der Waals surface area contributed by atoms with Crippen molar-refractivity contribution in [3.63, 3.8) is 0 Å². The topological polar surface area (TPSA) is 73.5 Å². The first-order valence-corrected chi connectivity index (χ1v) is 9.77. The lowest BCUT2D eigenvalue weighted by atomic mass is 10.2. The number of rotatable bonds is 6. The minimum atomic E-state index is -0.358. The molecule has 3 aromatic heterocycles. The van der Waals surface area contributed by atoms with Gasteiger partial charge >= 0.3 is 0 Å². The fourth-order valence-corrected chi connectivity index (χ4v) is 3.69. The Hall–Kier alpha value is -2.78. The molecule has 1 atom stereocenters. The largest absolute Gasteiger partial charge is 0.313 e. The van der Waals surface area contributed by atoms with Crippen LogP contribution in [0.1, 0.15) is 29.2 Å². The van der Waals surface area contributed by atoms with E-state index in [4.69, 9.17) is 11.6 Å². The van der Waals surface area contributed by atoms with E-state index in [9.17, 15) is 4.39 Å². The third-order valence-corrected chi connectivity index (χ3v) is 5.52. The SMILES string of the molecule is Cc1ccn(C(C)c2nnc(Nc3ccn(Cc4ccc(F)cc4Cl)n3)s2)n1. The summed E-state index contributed by atoms with van der Waals surface area (Å²) < 4.78 is 16.7. The summed E-state index contributed by atoms with van der Waals surface area (Å²) in [7, 11) is 0. The molecule has 1 aromatic carbocycles. The molecule has 1 unspecified atom stereocenters. The van der Waals surface area contributed by atoms with Crippen LogP contribution in [0, 0.1) is 12.7 Å². The number of halogens is 2. The van der Waals surface area contributed by atoms with Crippen LogP contribution in [0.3, 0.4) is 0 Å². The lowest BCUT2D eigenvalue weighted by Crippen LogP contribution is -2.07. The summed E-state index contributed by atoms with van der Waals surface area (Å²) in [5.41, 5.74) is 1.75. The molecular weight excluding hydrogens is 401 g/mol. The predicted octanol–water partition coefficient (Wildman–Crippen LogP) is 4.43. The molecule has 1 N–H and O–H groups in total. The Kier molecular flexibility index (Phi) is 5.10. The van der Waals surface area contributed by atoms with Crippen molar-refractivity contribution in [1.29, 1.82) is 0 Å². The maximum Gasteiger partial charge on any atom is 0.211 e. The smallest absolute Gasteiger partial charge is 0.211 e. The van der Waals surface area contributed by atoms with Crippen LogP contribution in [0.4, 0.5) is 15.3 Å². The molecular formula is C18H17ClFN7S. The van der Waals surface area contributed by atoms with Crippen molar-refractivity contribution >= 4 is 33.9 Å². The summed E-state index contributed by atoms with van der Waals surface area (Å²) in [6.07, 6.45) is 3.75. The summed E-state index contributed by atoms with van der Waals surface area (Å²) in [6, 6.07) is 8.12. The number of benzene rings is 1. The van der Waals surface area contributed by atoms with Crippen LogP contribution < -0.4 is 5.32 Å². The van der Waals surface area contributed by atoms with E-state index in [1.54, 1.807) is 10.7 Å². The average molecular weight is 418 g/mol. The highest BCUT2D eigenvalue weighted by atomic mass is 35.5. The van der Waals surface area contributed by atoms with E-state index in [1.165, 1.54) is 23.5 Å². The number of aryl methyl sites for hydroxylation is 1. The second-order valence-electron chi connectivity index (χ2n) is 6.32. The van der Waals surface area contributed by atoms with Gasteiger partial charge in [-0.15, -0.1) is 10.2 Å². The lowest BCUT2D eigenvalue weighted by molar-refractivity contribution is 0.554. The van der Waals surface area contributed by atoms with E-state index in [-0.39, 0.29) is 11.9 Å². The minimum Gasteiger partial charge on any atom is -0.313 e. The zero-order valence-electron chi connectivity index (χ0n) is 15.2. The van der Waals surface area contributed by atoms with E-state index in [2.05, 4.69) is 25.7 Å². The molecule has 0 aliphatic heterocycles. The Bertz CT molecular complexity index is 1100. The van der Waals surface area contributed by atoms with Crippen molar-refractivity contribution in [3.05, 3.63) is 69.8 Å². The van der Waals surface area contributed by atoms with Crippen LogP contribution in [0.2, 0.25) is 5.02 Å². The number of hydrogen-bond donors (Lipinski definition) is 1. The van der Waals surface area contributed by atoms with Crippen LogP contribution >= 0.6 is 22.9 Å². The Morgan fingerprint density at radius 2 is 2.04 bits per heavy atom. The molecule has 7 nitrogen and oxygen atoms in total. The second-order valence-corrected chi connectivity index (χ2v) is 7.73. The Labute approximate surface area is 169 Å². The molecule has 28 heavy (non-hydrogen) atoms. The van der Waals surface area contributed by atoms with Crippen molar-refractivity contribution in [2.45, 2.75) is 26.4 Å². The Morgan fingerprint density at radius 3 is 2.79 bits per heavy atom. The van der Waals surface area contributed by atoms with Gasteiger partial charge in [-0.25, -0.2) is 4.39 Å². The number of hydrogen-bond acceptors (Lipinski definition) is 6. The molecule has 0 fully saturated rings. The monoisotopic (exact) mass is 417 g/mol. The van der Waals surface area contributed by atoms with E-state index < -0.39 is 0 Å². The quantitative estimate of drug-likeness (QED) is 0.502. The van der Waals surface area contributed by atoms with Crippen molar-refractivity contribution < 1.29 is 4.39 Å². The van der Waals surface area contributed by atoms with Crippen molar-refractivity contribution in [3.8, 4) is 0 Å². The molecule has 4 aromatic rings. The molecule has 3 heterocycles. The van der Waals surface area contributed by atoms with Gasteiger partial charge in [-0.3, -0.25) is 9.36 Å². The first-order chi connectivity index (χ1) is 13.5. The third-order valence-electron chi connectivity index (χ3n) is 4.16. The molecule has 144 valence electrons. The molecule has 4 rings (SSSR count). The normalized spacial score (nSPS) is 12.3. The van der Waals surface area contributed by atoms with Gasteiger partial charge in [0.05, 0.1) is 12.2 Å². The third kappa shape index (κ3) is 4.05. The predicted molar refractivity (Wildman–Crippen MR) is 107 cm³/mol. The molecule has 0 saturated heterocycles. The number of nitrogens with one attached hydrogen (secondary N) is 1. The summed E-state index contributed by atoms with van der Waals surface area (Å²) in [5.74, 6) is 0.284. The zero-order chi connectivity index (χ0) is 19.7. The minimum absolute atomic E-state index is 0.0000691. The highest BCUT2D eigenvalue weighted by Gasteiger charge is 2.15. The Balaban J connectivity index is 1.43. The van der Waals surface area contributed by atoms with E-state index in [0.29, 0.717) is 22.5 Å². The summed E-state index contributed by atoms with van der Waals surface area (Å²) >= 11 is 7.53. The summed E-state index contributed by atoms with van der Waals surface area (Å²) in [5, 5.41) is 22.3. The van der Waals surface area contributed by atoms with Gasteiger partial charge in [0.1, 0.15) is 16.9 Å². The number of aromatic nitrogens is 6. The fourth-order valence-electron chi connectivity index (χ4n) is 2.67. The van der Waals surface area contributed by atoms with Crippen molar-refractivity contribution in [1.82, 2.24) is 29.8 Å². The van der Waals surface area contributed by atoms with Gasteiger partial charge in [0.15, 0.2) is 5.82 Å². The van der Waals surface area contributed by atoms with Crippen LogP contribution in [0.15, 0.2) is 42.7 Å². The van der Waals surface area contributed by atoms with Gasteiger partial charge < -0.3 is 5.32 Å². The van der Waals surface area contributed by atoms with Gasteiger partial charge in [-0.05, 0) is 37.6 Å². The first kappa shape index (κ1) is 18.6. The standard InChI is InChI=1S/C18H17ClFN7S/c1-11-5-8-27(24-11)12(2)17-22-23-18(28-17)21-16-6-7-26(25-16)10-13-3-4-14(20)9-15(13)19/h3-9,12H,10H2,1-2H3,(H,21,23,25). The van der Waals surface area contributed by atoms with E-state index in [0.717, 1.165) is 16.3 Å². The van der Waals surface area contributed by atoms with Gasteiger partial charge in [-0.1, -0.05) is 29.0 Å². The van der Waals surface area contributed by atoms with Crippen molar-refractivity contribution in [2.24, 2.45) is 0 Å². The molecule has 0 aliphatic rings. The molecule has 0 spiro atoms. The summed E-state index contributed by atoms with van der Waals surface area (Å²) in [6.45, 7) is 4.42. The summed E-state index contributed by atoms with van der Waals surface area (Å²) in [4.78, 5) is 0. The van der Waals surface area contributed by atoms with Gasteiger partial charge in [-0.2, -0.15) is 10.2 Å². The molecule has 0 bridgehead atoms. The highest BCUT2D eigenvalue weighted by Crippen LogP contribution is 2.26. The zero-order valence-corrected chi connectivity index (χ0v) is 16.7. The molecule has 10 heteroatoms. The molecule has 0 aliphatic carbocycles. The lowest BCUT2D eigenvalue weighted by Gasteiger charge is -2.07. The molecule has 0 saturated carbocycles. The van der Waals surface area contributed by atoms with E-state index >= 15 is 0 Å². The average Bonchev–Trinajstić information content (AvgIpc) is 3.39. The Morgan fingerprint density at radius 1 is 1.18 bits per heavy atom.